The highest BCUT2D eigenvalue weighted by molar-refractivity contribution is 5.94. The summed E-state index contributed by atoms with van der Waals surface area (Å²) in [5, 5.41) is 3.88. The molecule has 0 bridgehead atoms. The van der Waals surface area contributed by atoms with Gasteiger partial charge in [-0.2, -0.15) is 13.2 Å². The zero-order valence-electron chi connectivity index (χ0n) is 7.26. The fourth-order valence-electron chi connectivity index (χ4n) is 1.26. The monoisotopic (exact) mass is 199 g/mol. The first-order valence-electron chi connectivity index (χ1n) is 3.95. The minimum absolute atomic E-state index is 0.289. The normalized spacial score (nSPS) is 14.7. The van der Waals surface area contributed by atoms with Gasteiger partial charge in [-0.1, -0.05) is 0 Å². The molecule has 0 spiro atoms. The molecule has 0 aromatic heterocycles. The maximum atomic E-state index is 12.3. The molecule has 0 saturated heterocycles. The molecular weight excluding hydrogens is 193 g/mol. The summed E-state index contributed by atoms with van der Waals surface area (Å²) < 4.78 is 36.8. The Labute approximate surface area is 78.5 Å². The zero-order chi connectivity index (χ0) is 10.3. The van der Waals surface area contributed by atoms with Crippen LogP contribution in [0.5, 0.6) is 0 Å². The molecule has 0 N–H and O–H groups in total. The second-order valence-corrected chi connectivity index (χ2v) is 2.97. The molecule has 1 aromatic carbocycles. The molecule has 1 aromatic rings. The van der Waals surface area contributed by atoms with Gasteiger partial charge in [0, 0.05) is 0 Å². The second-order valence-electron chi connectivity index (χ2n) is 2.97. The smallest absolute Gasteiger partial charge is 0.232 e. The van der Waals surface area contributed by atoms with E-state index in [0.29, 0.717) is 11.5 Å². The summed E-state index contributed by atoms with van der Waals surface area (Å²) in [5.41, 5.74) is 0.0951. The number of fused-ring (bicyclic) bond motifs is 1. The van der Waals surface area contributed by atoms with Crippen LogP contribution in [0.15, 0.2) is 23.2 Å². The molecule has 73 valence electrons. The first kappa shape index (κ1) is 9.05. The second kappa shape index (κ2) is 2.73. The van der Waals surface area contributed by atoms with Gasteiger partial charge in [-0.05, 0) is 25.1 Å². The summed E-state index contributed by atoms with van der Waals surface area (Å²) in [7, 11) is 0. The van der Waals surface area contributed by atoms with Crippen molar-refractivity contribution in [3.05, 3.63) is 23.8 Å². The van der Waals surface area contributed by atoms with Gasteiger partial charge in [0.25, 0.3) is 0 Å². The van der Waals surface area contributed by atoms with Crippen molar-refractivity contribution in [3.63, 3.8) is 0 Å². The Hall–Kier alpha value is -1.52. The molecule has 0 aliphatic carbocycles. The number of hydrogen-bond acceptors (Lipinski definition) is 1. The van der Waals surface area contributed by atoms with Gasteiger partial charge in [-0.15, -0.1) is 0 Å². The Morgan fingerprint density at radius 2 is 1.86 bits per heavy atom. The maximum absolute atomic E-state index is 12.3. The van der Waals surface area contributed by atoms with Gasteiger partial charge >= 0.3 is 6.18 Å². The topological polar surface area (TPSA) is 26.5 Å². The summed E-state index contributed by atoms with van der Waals surface area (Å²) in [6.45, 7) is 1.65. The van der Waals surface area contributed by atoms with Crippen molar-refractivity contribution in [2.24, 2.45) is 4.99 Å². The third-order valence-electron chi connectivity index (χ3n) is 1.87. The van der Waals surface area contributed by atoms with E-state index >= 15 is 0 Å². The molecule has 0 saturated carbocycles. The highest BCUT2D eigenvalue weighted by Crippen LogP contribution is 2.37. The van der Waals surface area contributed by atoms with Crippen molar-refractivity contribution in [1.29, 1.82) is 0 Å². The molecule has 14 heavy (non-hydrogen) atoms. The molecule has 2 nitrogen and oxygen atoms in total. The lowest BCUT2D eigenvalue weighted by atomic mass is 10.2. The Morgan fingerprint density at radius 1 is 1.14 bits per heavy atom. The van der Waals surface area contributed by atoms with Crippen molar-refractivity contribution in [1.82, 2.24) is 5.32 Å². The Balaban J connectivity index is 2.42. The first-order valence-corrected chi connectivity index (χ1v) is 3.95. The molecule has 0 amide bonds. The van der Waals surface area contributed by atoms with E-state index in [0.717, 1.165) is 12.1 Å². The fraction of sp³-hybridized carbons (Fsp3) is 0.222. The van der Waals surface area contributed by atoms with E-state index in [4.69, 9.17) is 0 Å². The van der Waals surface area contributed by atoms with E-state index in [1.165, 1.54) is 6.07 Å². The van der Waals surface area contributed by atoms with E-state index in [-0.39, 0.29) is 5.69 Å². The van der Waals surface area contributed by atoms with Crippen molar-refractivity contribution < 1.29 is 13.2 Å². The number of nitrogens with zero attached hydrogens (tertiary/aromatic N) is 2. The molecule has 2 rings (SSSR count). The third-order valence-corrected chi connectivity index (χ3v) is 1.87. The summed E-state index contributed by atoms with van der Waals surface area (Å²) in [6.07, 6.45) is -4.32. The van der Waals surface area contributed by atoms with Crippen molar-refractivity contribution in [3.8, 4) is 0 Å². The highest BCUT2D eigenvalue weighted by Gasteiger charge is 2.31. The lowest BCUT2D eigenvalue weighted by Gasteiger charge is -2.06. The minimum atomic E-state index is -4.32. The van der Waals surface area contributed by atoms with Crippen LogP contribution in [0.3, 0.4) is 0 Å². The lowest BCUT2D eigenvalue weighted by Crippen LogP contribution is -2.05. The van der Waals surface area contributed by atoms with Crippen LogP contribution in [0, 0.1) is 0 Å². The summed E-state index contributed by atoms with van der Waals surface area (Å²) in [6, 6.07) is 3.35. The predicted molar refractivity (Wildman–Crippen MR) is 46.0 cm³/mol. The number of benzene rings is 1. The van der Waals surface area contributed by atoms with Gasteiger partial charge in [-0.25, -0.2) is 10.3 Å². The lowest BCUT2D eigenvalue weighted by molar-refractivity contribution is -0.137. The molecule has 1 aliphatic rings. The SMILES string of the molecule is CC1=Nc2ccc(C(F)(F)F)cc2[N]1. The summed E-state index contributed by atoms with van der Waals surface area (Å²) >= 11 is 0. The van der Waals surface area contributed by atoms with E-state index in [2.05, 4.69) is 10.3 Å². The summed E-state index contributed by atoms with van der Waals surface area (Å²) in [4.78, 5) is 3.96. The van der Waals surface area contributed by atoms with E-state index in [9.17, 15) is 13.2 Å². The van der Waals surface area contributed by atoms with Crippen LogP contribution < -0.4 is 5.32 Å². The van der Waals surface area contributed by atoms with Gasteiger partial charge in [0.2, 0.25) is 0 Å². The molecule has 0 unspecified atom stereocenters. The fourth-order valence-corrected chi connectivity index (χ4v) is 1.26. The average molecular weight is 199 g/mol. The van der Waals surface area contributed by atoms with Crippen LogP contribution in [0.2, 0.25) is 0 Å². The average Bonchev–Trinajstić information content (AvgIpc) is 2.41. The first-order chi connectivity index (χ1) is 6.47. The number of rotatable bonds is 0. The molecule has 1 radical (unpaired) electrons. The molecular formula is C9H6F3N2. The highest BCUT2D eigenvalue weighted by atomic mass is 19.4. The van der Waals surface area contributed by atoms with E-state index < -0.39 is 11.7 Å². The van der Waals surface area contributed by atoms with Crippen LogP contribution >= 0.6 is 0 Å². The molecule has 1 aliphatic heterocycles. The van der Waals surface area contributed by atoms with Crippen LogP contribution in [0.1, 0.15) is 12.5 Å². The molecule has 5 heteroatoms. The van der Waals surface area contributed by atoms with Crippen molar-refractivity contribution in [2.75, 3.05) is 0 Å². The minimum Gasteiger partial charge on any atom is -0.232 e. The number of amidine groups is 1. The van der Waals surface area contributed by atoms with Crippen LogP contribution in [0.4, 0.5) is 24.5 Å². The quantitative estimate of drug-likeness (QED) is 0.614. The van der Waals surface area contributed by atoms with Gasteiger partial charge in [0.05, 0.1) is 16.9 Å². The third kappa shape index (κ3) is 1.45. The molecule has 1 heterocycles. The largest absolute Gasteiger partial charge is 0.416 e. The maximum Gasteiger partial charge on any atom is 0.416 e. The zero-order valence-corrected chi connectivity index (χ0v) is 7.26. The number of halogens is 3. The van der Waals surface area contributed by atoms with Crippen LogP contribution in [0.25, 0.3) is 0 Å². The van der Waals surface area contributed by atoms with Gasteiger partial charge in [0.1, 0.15) is 5.84 Å². The number of aliphatic imine (C=N–C) groups is 1. The molecule has 0 atom stereocenters. The van der Waals surface area contributed by atoms with Gasteiger partial charge in [-0.3, -0.25) is 0 Å². The van der Waals surface area contributed by atoms with Crippen molar-refractivity contribution >= 4 is 17.2 Å². The molecule has 0 fully saturated rings. The van der Waals surface area contributed by atoms with Crippen LogP contribution in [-0.4, -0.2) is 5.84 Å². The Bertz CT molecular complexity index is 407. The van der Waals surface area contributed by atoms with E-state index in [1.54, 1.807) is 6.92 Å². The predicted octanol–water partition coefficient (Wildman–Crippen LogP) is 3.00. The standard InChI is InChI=1S/C9H6F3N2/c1-5-13-7-3-2-6(9(10,11)12)4-8(7)14-5/h2-4H,1H3. The van der Waals surface area contributed by atoms with Crippen LogP contribution in [-0.2, 0) is 6.18 Å². The Kier molecular flexibility index (Phi) is 1.77. The van der Waals surface area contributed by atoms with Gasteiger partial charge in [0.15, 0.2) is 0 Å². The number of hydrogen-bond donors (Lipinski definition) is 0. The Morgan fingerprint density at radius 3 is 2.50 bits per heavy atom. The van der Waals surface area contributed by atoms with Crippen molar-refractivity contribution in [2.45, 2.75) is 13.1 Å². The van der Waals surface area contributed by atoms with Gasteiger partial charge < -0.3 is 0 Å². The summed E-state index contributed by atoms with van der Waals surface area (Å²) in [5.74, 6) is 0.485. The van der Waals surface area contributed by atoms with E-state index in [1.807, 2.05) is 0 Å². The number of alkyl halides is 3.